The van der Waals surface area contributed by atoms with Crippen LogP contribution in [0.2, 0.25) is 0 Å². The van der Waals surface area contributed by atoms with Crippen LogP contribution in [-0.4, -0.2) is 29.2 Å². The lowest BCUT2D eigenvalue weighted by Crippen LogP contribution is -2.58. The van der Waals surface area contributed by atoms with Crippen molar-refractivity contribution in [1.82, 2.24) is 10.6 Å². The predicted molar refractivity (Wildman–Crippen MR) is 76.6 cm³/mol. The minimum atomic E-state index is -0.843. The topological polar surface area (TPSA) is 78.4 Å². The Morgan fingerprint density at radius 2 is 1.70 bits per heavy atom. The van der Waals surface area contributed by atoms with Crippen LogP contribution in [-0.2, 0) is 4.79 Å². The summed E-state index contributed by atoms with van der Waals surface area (Å²) >= 11 is 0. The van der Waals surface area contributed by atoms with Crippen molar-refractivity contribution in [2.24, 2.45) is 5.41 Å². The Hall–Kier alpha value is -1.26. The Morgan fingerprint density at radius 1 is 1.05 bits per heavy atom. The van der Waals surface area contributed by atoms with E-state index in [0.29, 0.717) is 6.54 Å². The number of hydrogen-bond acceptors (Lipinski definition) is 2. The maximum absolute atomic E-state index is 12.0. The summed E-state index contributed by atoms with van der Waals surface area (Å²) in [6.45, 7) is 2.91. The molecule has 0 aromatic heterocycles. The van der Waals surface area contributed by atoms with Crippen molar-refractivity contribution < 1.29 is 14.7 Å². The van der Waals surface area contributed by atoms with Crippen molar-refractivity contribution >= 4 is 12.0 Å². The second-order valence-electron chi connectivity index (χ2n) is 6.88. The minimum absolute atomic E-state index is 0.0255. The van der Waals surface area contributed by atoms with Crippen LogP contribution in [0.3, 0.4) is 0 Å². The van der Waals surface area contributed by atoms with E-state index in [0.717, 1.165) is 32.1 Å². The van der Waals surface area contributed by atoms with Gasteiger partial charge in [0.15, 0.2) is 0 Å². The highest BCUT2D eigenvalue weighted by Gasteiger charge is 2.40. The Bertz CT molecular complexity index is 371. The molecule has 0 heterocycles. The smallest absolute Gasteiger partial charge is 0.315 e. The van der Waals surface area contributed by atoms with Gasteiger partial charge < -0.3 is 15.7 Å². The van der Waals surface area contributed by atoms with Gasteiger partial charge in [0.1, 0.15) is 0 Å². The standard InChI is InChI=1S/C15H26N2O3/c1-14(6-3-2-4-7-14)11-16-13(20)17-15(8-5-9-15)10-12(18)19/h2-11H2,1H3,(H,18,19)(H2,16,17,20). The zero-order valence-corrected chi connectivity index (χ0v) is 12.3. The molecule has 0 aromatic carbocycles. The molecule has 2 aliphatic rings. The van der Waals surface area contributed by atoms with E-state index in [9.17, 15) is 9.59 Å². The number of amides is 2. The van der Waals surface area contributed by atoms with E-state index < -0.39 is 11.5 Å². The number of carboxylic acid groups (broad SMARTS) is 1. The van der Waals surface area contributed by atoms with Crippen molar-refractivity contribution in [3.05, 3.63) is 0 Å². The predicted octanol–water partition coefficient (Wildman–Crippen LogP) is 2.65. The first-order chi connectivity index (χ1) is 9.43. The van der Waals surface area contributed by atoms with Crippen molar-refractivity contribution in [2.75, 3.05) is 6.54 Å². The first-order valence-corrected chi connectivity index (χ1v) is 7.71. The molecule has 0 atom stereocenters. The zero-order chi connectivity index (χ0) is 14.6. The average molecular weight is 282 g/mol. The number of nitrogens with one attached hydrogen (secondary N) is 2. The van der Waals surface area contributed by atoms with E-state index >= 15 is 0 Å². The van der Waals surface area contributed by atoms with Gasteiger partial charge in [-0.15, -0.1) is 0 Å². The van der Waals surface area contributed by atoms with Crippen LogP contribution in [0.5, 0.6) is 0 Å². The molecule has 0 radical (unpaired) electrons. The van der Waals surface area contributed by atoms with Crippen LogP contribution >= 0.6 is 0 Å². The van der Waals surface area contributed by atoms with Crippen LogP contribution in [0.25, 0.3) is 0 Å². The lowest BCUT2D eigenvalue weighted by atomic mass is 9.74. The Kier molecular flexibility index (Phi) is 4.55. The fourth-order valence-electron chi connectivity index (χ4n) is 3.40. The van der Waals surface area contributed by atoms with E-state index in [1.807, 2.05) is 0 Å². The molecule has 2 fully saturated rings. The Labute approximate surface area is 120 Å². The molecule has 2 amide bonds. The lowest BCUT2D eigenvalue weighted by Gasteiger charge is -2.42. The van der Waals surface area contributed by atoms with E-state index in [1.165, 1.54) is 19.3 Å². The quantitative estimate of drug-likeness (QED) is 0.725. The van der Waals surface area contributed by atoms with Crippen molar-refractivity contribution in [3.63, 3.8) is 0 Å². The number of urea groups is 1. The summed E-state index contributed by atoms with van der Waals surface area (Å²) in [6.07, 6.45) is 8.65. The third-order valence-electron chi connectivity index (χ3n) is 4.92. The normalized spacial score (nSPS) is 23.4. The van der Waals surface area contributed by atoms with Gasteiger partial charge in [-0.25, -0.2) is 4.79 Å². The first-order valence-electron chi connectivity index (χ1n) is 7.71. The third-order valence-corrected chi connectivity index (χ3v) is 4.92. The van der Waals surface area contributed by atoms with Crippen molar-refractivity contribution in [1.29, 1.82) is 0 Å². The molecule has 0 saturated heterocycles. The molecule has 20 heavy (non-hydrogen) atoms. The zero-order valence-electron chi connectivity index (χ0n) is 12.3. The van der Waals surface area contributed by atoms with Crippen LogP contribution in [0.4, 0.5) is 4.79 Å². The molecular weight excluding hydrogens is 256 g/mol. The third kappa shape index (κ3) is 3.87. The van der Waals surface area contributed by atoms with Crippen molar-refractivity contribution in [2.45, 2.75) is 70.3 Å². The van der Waals surface area contributed by atoms with Gasteiger partial charge in [-0.1, -0.05) is 26.2 Å². The Morgan fingerprint density at radius 3 is 2.20 bits per heavy atom. The van der Waals surface area contributed by atoms with Gasteiger partial charge >= 0.3 is 12.0 Å². The highest BCUT2D eigenvalue weighted by atomic mass is 16.4. The van der Waals surface area contributed by atoms with Gasteiger partial charge in [0, 0.05) is 6.54 Å². The molecule has 0 unspecified atom stereocenters. The first kappa shape index (κ1) is 15.1. The number of rotatable bonds is 5. The fourth-order valence-corrected chi connectivity index (χ4v) is 3.40. The largest absolute Gasteiger partial charge is 0.481 e. The second-order valence-corrected chi connectivity index (χ2v) is 6.88. The number of hydrogen-bond donors (Lipinski definition) is 3. The Balaban J connectivity index is 1.78. The number of carbonyl (C=O) groups excluding carboxylic acids is 1. The average Bonchev–Trinajstić information content (AvgIpc) is 2.34. The van der Waals surface area contributed by atoms with Gasteiger partial charge in [0.05, 0.1) is 12.0 Å². The number of aliphatic carboxylic acids is 1. The van der Waals surface area contributed by atoms with Gasteiger partial charge in [0.25, 0.3) is 0 Å². The summed E-state index contributed by atoms with van der Waals surface area (Å²) in [5.74, 6) is -0.843. The summed E-state index contributed by atoms with van der Waals surface area (Å²) in [5.41, 5.74) is -0.307. The fraction of sp³-hybridized carbons (Fsp3) is 0.867. The van der Waals surface area contributed by atoms with Crippen LogP contribution in [0.1, 0.15) is 64.7 Å². The molecule has 0 aromatic rings. The molecule has 0 bridgehead atoms. The molecule has 2 rings (SSSR count). The van der Waals surface area contributed by atoms with Gasteiger partial charge in [-0.3, -0.25) is 4.79 Å². The number of carbonyl (C=O) groups is 2. The molecule has 2 aliphatic carbocycles. The summed E-state index contributed by atoms with van der Waals surface area (Å²) in [7, 11) is 0. The monoisotopic (exact) mass is 282 g/mol. The van der Waals surface area contributed by atoms with Crippen LogP contribution < -0.4 is 10.6 Å². The summed E-state index contributed by atoms with van der Waals surface area (Å²) < 4.78 is 0. The molecule has 0 spiro atoms. The highest BCUT2D eigenvalue weighted by molar-refractivity contribution is 5.77. The van der Waals surface area contributed by atoms with Gasteiger partial charge in [-0.05, 0) is 37.5 Å². The minimum Gasteiger partial charge on any atom is -0.481 e. The van der Waals surface area contributed by atoms with E-state index in [4.69, 9.17) is 5.11 Å². The van der Waals surface area contributed by atoms with E-state index in [2.05, 4.69) is 17.6 Å². The van der Waals surface area contributed by atoms with Gasteiger partial charge in [0.2, 0.25) is 0 Å². The van der Waals surface area contributed by atoms with Crippen LogP contribution in [0, 0.1) is 5.41 Å². The highest BCUT2D eigenvalue weighted by Crippen LogP contribution is 2.36. The van der Waals surface area contributed by atoms with Crippen molar-refractivity contribution in [3.8, 4) is 0 Å². The molecule has 5 heteroatoms. The molecule has 3 N–H and O–H groups in total. The molecular formula is C15H26N2O3. The molecule has 2 saturated carbocycles. The summed E-state index contributed by atoms with van der Waals surface area (Å²) in [6, 6.07) is -0.210. The number of carboxylic acids is 1. The molecule has 5 nitrogen and oxygen atoms in total. The SMILES string of the molecule is CC1(CNC(=O)NC2(CC(=O)O)CCC2)CCCCC1. The lowest BCUT2D eigenvalue weighted by molar-refractivity contribution is -0.139. The maximum Gasteiger partial charge on any atom is 0.315 e. The maximum atomic E-state index is 12.0. The van der Waals surface area contributed by atoms with Gasteiger partial charge in [-0.2, -0.15) is 0 Å². The summed E-state index contributed by atoms with van der Waals surface area (Å²) in [4.78, 5) is 22.9. The van der Waals surface area contributed by atoms with E-state index in [1.54, 1.807) is 0 Å². The van der Waals surface area contributed by atoms with E-state index in [-0.39, 0.29) is 17.9 Å². The molecule has 0 aliphatic heterocycles. The molecule has 114 valence electrons. The second kappa shape index (κ2) is 6.02. The summed E-state index contributed by atoms with van der Waals surface area (Å²) in [5, 5.41) is 14.8. The van der Waals surface area contributed by atoms with Crippen LogP contribution in [0.15, 0.2) is 0 Å².